The summed E-state index contributed by atoms with van der Waals surface area (Å²) in [6.45, 7) is 3.66. The Morgan fingerprint density at radius 2 is 1.73 bits per heavy atom. The van der Waals surface area contributed by atoms with Crippen molar-refractivity contribution in [3.05, 3.63) is 29.8 Å². The van der Waals surface area contributed by atoms with Gasteiger partial charge < -0.3 is 9.64 Å². The van der Waals surface area contributed by atoms with Crippen LogP contribution in [-0.2, 0) is 0 Å². The zero-order chi connectivity index (χ0) is 15.4. The molecule has 3 rings (SSSR count). The second-order valence-electron chi connectivity index (χ2n) is 6.32. The van der Waals surface area contributed by atoms with Crippen molar-refractivity contribution in [1.82, 2.24) is 9.80 Å². The first-order chi connectivity index (χ1) is 10.8. The van der Waals surface area contributed by atoms with Crippen LogP contribution in [0, 0.1) is 0 Å². The average Bonchev–Trinajstić information content (AvgIpc) is 2.62. The fourth-order valence-corrected chi connectivity index (χ4v) is 3.73. The highest BCUT2D eigenvalue weighted by molar-refractivity contribution is 5.97. The molecule has 0 atom stereocenters. The van der Waals surface area contributed by atoms with Gasteiger partial charge in [-0.05, 0) is 25.0 Å². The lowest BCUT2D eigenvalue weighted by atomic mass is 9.94. The van der Waals surface area contributed by atoms with Gasteiger partial charge in [0.1, 0.15) is 5.75 Å². The van der Waals surface area contributed by atoms with Gasteiger partial charge in [-0.2, -0.15) is 0 Å². The molecule has 0 N–H and O–H groups in total. The van der Waals surface area contributed by atoms with E-state index < -0.39 is 0 Å². The van der Waals surface area contributed by atoms with Crippen molar-refractivity contribution in [3.8, 4) is 5.75 Å². The second-order valence-corrected chi connectivity index (χ2v) is 6.32. The number of piperazine rings is 1. The predicted octanol–water partition coefficient (Wildman–Crippen LogP) is 2.79. The Morgan fingerprint density at radius 3 is 2.41 bits per heavy atom. The van der Waals surface area contributed by atoms with E-state index in [-0.39, 0.29) is 5.91 Å². The van der Waals surface area contributed by atoms with Crippen LogP contribution in [0.3, 0.4) is 0 Å². The highest BCUT2D eigenvalue weighted by Crippen LogP contribution is 2.25. The zero-order valence-electron chi connectivity index (χ0n) is 13.5. The first-order valence-electron chi connectivity index (χ1n) is 8.46. The SMILES string of the molecule is COc1ccccc1C(=O)N1CCN(C2CCCCC2)CC1. The van der Waals surface area contributed by atoms with Crippen molar-refractivity contribution in [2.75, 3.05) is 33.3 Å². The molecule has 1 saturated carbocycles. The topological polar surface area (TPSA) is 32.8 Å². The van der Waals surface area contributed by atoms with Crippen LogP contribution < -0.4 is 4.74 Å². The molecule has 2 aliphatic rings. The van der Waals surface area contributed by atoms with Crippen LogP contribution in [0.25, 0.3) is 0 Å². The van der Waals surface area contributed by atoms with Gasteiger partial charge in [0.25, 0.3) is 5.91 Å². The molecule has 0 spiro atoms. The summed E-state index contributed by atoms with van der Waals surface area (Å²) in [5, 5.41) is 0. The lowest BCUT2D eigenvalue weighted by Gasteiger charge is -2.40. The molecule has 1 amide bonds. The second kappa shape index (κ2) is 7.14. The van der Waals surface area contributed by atoms with E-state index in [9.17, 15) is 4.79 Å². The predicted molar refractivity (Wildman–Crippen MR) is 87.3 cm³/mol. The summed E-state index contributed by atoms with van der Waals surface area (Å²) in [5.41, 5.74) is 0.677. The highest BCUT2D eigenvalue weighted by Gasteiger charge is 2.28. The maximum atomic E-state index is 12.7. The fourth-order valence-electron chi connectivity index (χ4n) is 3.73. The number of para-hydroxylation sites is 1. The summed E-state index contributed by atoms with van der Waals surface area (Å²) in [6, 6.07) is 8.25. The number of carbonyl (C=O) groups excluding carboxylic acids is 1. The van der Waals surface area contributed by atoms with Gasteiger partial charge in [0.05, 0.1) is 12.7 Å². The quantitative estimate of drug-likeness (QED) is 0.861. The third-order valence-electron chi connectivity index (χ3n) is 5.03. The lowest BCUT2D eigenvalue weighted by molar-refractivity contribution is 0.0520. The minimum atomic E-state index is 0.0979. The first-order valence-corrected chi connectivity index (χ1v) is 8.46. The molecular formula is C18H26N2O2. The van der Waals surface area contributed by atoms with E-state index in [1.165, 1.54) is 32.1 Å². The van der Waals surface area contributed by atoms with Crippen LogP contribution in [0.1, 0.15) is 42.5 Å². The zero-order valence-corrected chi connectivity index (χ0v) is 13.5. The number of hydrogen-bond acceptors (Lipinski definition) is 3. The number of carbonyl (C=O) groups is 1. The smallest absolute Gasteiger partial charge is 0.257 e. The lowest BCUT2D eigenvalue weighted by Crippen LogP contribution is -2.52. The van der Waals surface area contributed by atoms with Crippen molar-refractivity contribution < 1.29 is 9.53 Å². The summed E-state index contributed by atoms with van der Waals surface area (Å²) in [4.78, 5) is 17.2. The molecule has 120 valence electrons. The molecule has 1 aliphatic heterocycles. The van der Waals surface area contributed by atoms with Crippen molar-refractivity contribution in [1.29, 1.82) is 0 Å². The fraction of sp³-hybridized carbons (Fsp3) is 0.611. The van der Waals surface area contributed by atoms with E-state index in [2.05, 4.69) is 4.90 Å². The minimum absolute atomic E-state index is 0.0979. The Bertz CT molecular complexity index is 504. The molecule has 1 aromatic carbocycles. The van der Waals surface area contributed by atoms with Gasteiger partial charge in [-0.3, -0.25) is 9.69 Å². The third-order valence-corrected chi connectivity index (χ3v) is 5.03. The number of methoxy groups -OCH3 is 1. The molecule has 0 bridgehead atoms. The van der Waals surface area contributed by atoms with E-state index in [1.54, 1.807) is 7.11 Å². The molecule has 1 aliphatic carbocycles. The Labute approximate surface area is 133 Å². The van der Waals surface area contributed by atoms with Crippen LogP contribution in [0.5, 0.6) is 5.75 Å². The molecular weight excluding hydrogens is 276 g/mol. The Morgan fingerprint density at radius 1 is 1.05 bits per heavy atom. The molecule has 1 saturated heterocycles. The maximum Gasteiger partial charge on any atom is 0.257 e. The normalized spacial score (nSPS) is 20.9. The summed E-state index contributed by atoms with van der Waals surface area (Å²) >= 11 is 0. The molecule has 2 fully saturated rings. The largest absolute Gasteiger partial charge is 0.496 e. The molecule has 1 aromatic rings. The van der Waals surface area contributed by atoms with Crippen LogP contribution in [-0.4, -0.2) is 55.0 Å². The summed E-state index contributed by atoms with van der Waals surface area (Å²) in [5.74, 6) is 0.767. The molecule has 4 heteroatoms. The number of benzene rings is 1. The Kier molecular flexibility index (Phi) is 4.98. The maximum absolute atomic E-state index is 12.7. The Hall–Kier alpha value is -1.55. The van der Waals surface area contributed by atoms with Crippen LogP contribution in [0.2, 0.25) is 0 Å². The number of rotatable bonds is 3. The molecule has 0 radical (unpaired) electrons. The summed E-state index contributed by atoms with van der Waals surface area (Å²) < 4.78 is 5.32. The van der Waals surface area contributed by atoms with Crippen LogP contribution >= 0.6 is 0 Å². The van der Waals surface area contributed by atoms with Gasteiger partial charge >= 0.3 is 0 Å². The molecule has 0 unspecified atom stereocenters. The monoisotopic (exact) mass is 302 g/mol. The van der Waals surface area contributed by atoms with Crippen LogP contribution in [0.15, 0.2) is 24.3 Å². The minimum Gasteiger partial charge on any atom is -0.496 e. The number of amides is 1. The van der Waals surface area contributed by atoms with Crippen molar-refractivity contribution in [2.24, 2.45) is 0 Å². The van der Waals surface area contributed by atoms with Crippen LogP contribution in [0.4, 0.5) is 0 Å². The van der Waals surface area contributed by atoms with E-state index in [0.717, 1.165) is 32.2 Å². The standard InChI is InChI=1S/C18H26N2O2/c1-22-17-10-6-5-9-16(17)18(21)20-13-11-19(12-14-20)15-7-3-2-4-8-15/h5-6,9-10,15H,2-4,7-8,11-14H2,1H3. The first kappa shape index (κ1) is 15.3. The molecule has 0 aromatic heterocycles. The van der Waals surface area contributed by atoms with Gasteiger partial charge in [0.15, 0.2) is 0 Å². The average molecular weight is 302 g/mol. The van der Waals surface area contributed by atoms with Crippen molar-refractivity contribution in [2.45, 2.75) is 38.1 Å². The van der Waals surface area contributed by atoms with E-state index >= 15 is 0 Å². The van der Waals surface area contributed by atoms with Crippen molar-refractivity contribution in [3.63, 3.8) is 0 Å². The van der Waals surface area contributed by atoms with E-state index in [1.807, 2.05) is 29.2 Å². The van der Waals surface area contributed by atoms with Gasteiger partial charge in [-0.1, -0.05) is 31.4 Å². The van der Waals surface area contributed by atoms with E-state index in [0.29, 0.717) is 11.3 Å². The third kappa shape index (κ3) is 3.27. The number of nitrogens with zero attached hydrogens (tertiary/aromatic N) is 2. The van der Waals surface area contributed by atoms with Crippen molar-refractivity contribution >= 4 is 5.91 Å². The highest BCUT2D eigenvalue weighted by atomic mass is 16.5. The Balaban J connectivity index is 1.59. The van der Waals surface area contributed by atoms with Gasteiger partial charge in [0, 0.05) is 32.2 Å². The summed E-state index contributed by atoms with van der Waals surface area (Å²) in [7, 11) is 1.62. The van der Waals surface area contributed by atoms with E-state index in [4.69, 9.17) is 4.74 Å². The molecule has 22 heavy (non-hydrogen) atoms. The van der Waals surface area contributed by atoms with Gasteiger partial charge in [-0.15, -0.1) is 0 Å². The number of hydrogen-bond donors (Lipinski definition) is 0. The number of ether oxygens (including phenoxy) is 1. The molecule has 1 heterocycles. The van der Waals surface area contributed by atoms with Gasteiger partial charge in [-0.25, -0.2) is 0 Å². The summed E-state index contributed by atoms with van der Waals surface area (Å²) in [6.07, 6.45) is 6.79. The molecule has 4 nitrogen and oxygen atoms in total. The van der Waals surface area contributed by atoms with Gasteiger partial charge in [0.2, 0.25) is 0 Å².